The van der Waals surface area contributed by atoms with Gasteiger partial charge in [0.2, 0.25) is 5.91 Å². The van der Waals surface area contributed by atoms with Crippen LogP contribution in [0.2, 0.25) is 0 Å². The highest BCUT2D eigenvalue weighted by molar-refractivity contribution is 5.76. The summed E-state index contributed by atoms with van der Waals surface area (Å²) in [6.07, 6.45) is 0.586. The molecule has 1 aromatic carbocycles. The first-order valence-electron chi connectivity index (χ1n) is 9.31. The average molecular weight is 372 g/mol. The second-order valence-electron chi connectivity index (χ2n) is 8.14. The van der Waals surface area contributed by atoms with Crippen LogP contribution in [0.4, 0.5) is 0 Å². The van der Waals surface area contributed by atoms with Crippen molar-refractivity contribution in [3.05, 3.63) is 30.1 Å². The highest BCUT2D eigenvalue weighted by Crippen LogP contribution is 2.22. The van der Waals surface area contributed by atoms with Gasteiger partial charge in [0.1, 0.15) is 5.75 Å². The molecule has 1 aliphatic rings. The quantitative estimate of drug-likeness (QED) is 0.804. The number of piperazine rings is 1. The zero-order chi connectivity index (χ0) is 19.4. The molecule has 7 nitrogen and oxygen atoms in total. The standard InChI is InChI=1S/C20H28N4O3/c1-20(2,3)13-18(25)24-11-9-23(10-12-24)14-17-21-19(27-22-17)15-5-7-16(26-4)8-6-15/h5-8H,9-14H2,1-4H3. The van der Waals surface area contributed by atoms with E-state index in [4.69, 9.17) is 9.26 Å². The van der Waals surface area contributed by atoms with Crippen molar-refractivity contribution in [2.45, 2.75) is 33.7 Å². The number of nitrogens with zero attached hydrogens (tertiary/aromatic N) is 4. The zero-order valence-electron chi connectivity index (χ0n) is 16.6. The molecule has 1 fully saturated rings. The number of hydrogen-bond donors (Lipinski definition) is 0. The smallest absolute Gasteiger partial charge is 0.257 e. The minimum Gasteiger partial charge on any atom is -0.497 e. The lowest BCUT2D eigenvalue weighted by atomic mass is 9.91. The van der Waals surface area contributed by atoms with Gasteiger partial charge in [0, 0.05) is 38.2 Å². The molecule has 0 N–H and O–H groups in total. The minimum absolute atomic E-state index is 0.0245. The summed E-state index contributed by atoms with van der Waals surface area (Å²) in [7, 11) is 1.64. The maximum absolute atomic E-state index is 12.3. The fourth-order valence-corrected chi connectivity index (χ4v) is 3.09. The van der Waals surface area contributed by atoms with Crippen LogP contribution in [0.25, 0.3) is 11.5 Å². The number of ether oxygens (including phenoxy) is 1. The molecular weight excluding hydrogens is 344 g/mol. The van der Waals surface area contributed by atoms with Crippen molar-refractivity contribution in [2.75, 3.05) is 33.3 Å². The Hall–Kier alpha value is -2.41. The Labute approximate surface area is 160 Å². The van der Waals surface area contributed by atoms with Gasteiger partial charge in [-0.1, -0.05) is 25.9 Å². The zero-order valence-corrected chi connectivity index (χ0v) is 16.6. The number of carbonyl (C=O) groups is 1. The first kappa shape index (κ1) is 19.4. The first-order chi connectivity index (χ1) is 12.8. The number of rotatable bonds is 5. The lowest BCUT2D eigenvalue weighted by Gasteiger charge is -2.35. The molecule has 0 aliphatic carbocycles. The van der Waals surface area contributed by atoms with E-state index in [-0.39, 0.29) is 11.3 Å². The van der Waals surface area contributed by atoms with Crippen LogP contribution in [0.1, 0.15) is 33.0 Å². The third-order valence-electron chi connectivity index (χ3n) is 4.58. The van der Waals surface area contributed by atoms with Crippen LogP contribution >= 0.6 is 0 Å². The van der Waals surface area contributed by atoms with Crippen LogP contribution in [0.3, 0.4) is 0 Å². The molecule has 0 unspecified atom stereocenters. The summed E-state index contributed by atoms with van der Waals surface area (Å²) in [5, 5.41) is 4.09. The van der Waals surface area contributed by atoms with Crippen molar-refractivity contribution >= 4 is 5.91 Å². The molecule has 2 aromatic rings. The van der Waals surface area contributed by atoms with E-state index in [1.807, 2.05) is 29.2 Å². The summed E-state index contributed by atoms with van der Waals surface area (Å²) in [4.78, 5) is 21.0. The van der Waals surface area contributed by atoms with Crippen molar-refractivity contribution in [1.82, 2.24) is 19.9 Å². The van der Waals surface area contributed by atoms with Crippen molar-refractivity contribution in [3.63, 3.8) is 0 Å². The highest BCUT2D eigenvalue weighted by Gasteiger charge is 2.25. The van der Waals surface area contributed by atoms with E-state index >= 15 is 0 Å². The summed E-state index contributed by atoms with van der Waals surface area (Å²) in [6, 6.07) is 7.53. The van der Waals surface area contributed by atoms with Crippen LogP contribution in [0.15, 0.2) is 28.8 Å². The Morgan fingerprint density at radius 2 is 1.81 bits per heavy atom. The molecule has 1 aliphatic heterocycles. The normalized spacial score (nSPS) is 15.8. The van der Waals surface area contributed by atoms with Crippen LogP contribution in [0, 0.1) is 5.41 Å². The highest BCUT2D eigenvalue weighted by atomic mass is 16.5. The Kier molecular flexibility index (Phi) is 5.79. The molecule has 0 atom stereocenters. The number of aromatic nitrogens is 2. The second kappa shape index (κ2) is 8.08. The van der Waals surface area contributed by atoms with Gasteiger partial charge in [0.15, 0.2) is 5.82 Å². The number of hydrogen-bond acceptors (Lipinski definition) is 6. The topological polar surface area (TPSA) is 71.7 Å². The van der Waals surface area contributed by atoms with Gasteiger partial charge in [-0.2, -0.15) is 4.98 Å². The Morgan fingerprint density at radius 3 is 2.41 bits per heavy atom. The van der Waals surface area contributed by atoms with Crippen LogP contribution in [0.5, 0.6) is 5.75 Å². The average Bonchev–Trinajstić information content (AvgIpc) is 3.09. The summed E-state index contributed by atoms with van der Waals surface area (Å²) in [5.74, 6) is 2.20. The van der Waals surface area contributed by atoms with Gasteiger partial charge in [0.05, 0.1) is 13.7 Å². The lowest BCUT2D eigenvalue weighted by Crippen LogP contribution is -2.49. The summed E-state index contributed by atoms with van der Waals surface area (Å²) in [6.45, 7) is 10.1. The van der Waals surface area contributed by atoms with Crippen LogP contribution < -0.4 is 4.74 Å². The largest absolute Gasteiger partial charge is 0.497 e. The molecule has 1 saturated heterocycles. The third kappa shape index (κ3) is 5.29. The van der Waals surface area contributed by atoms with E-state index in [0.29, 0.717) is 24.7 Å². The maximum atomic E-state index is 12.3. The van der Waals surface area contributed by atoms with Crippen LogP contribution in [-0.2, 0) is 11.3 Å². The van der Waals surface area contributed by atoms with E-state index < -0.39 is 0 Å². The monoisotopic (exact) mass is 372 g/mol. The summed E-state index contributed by atoms with van der Waals surface area (Å²) in [5.41, 5.74) is 0.892. The van der Waals surface area contributed by atoms with Crippen molar-refractivity contribution in [2.24, 2.45) is 5.41 Å². The summed E-state index contributed by atoms with van der Waals surface area (Å²) >= 11 is 0. The van der Waals surface area contributed by atoms with Gasteiger partial charge in [-0.15, -0.1) is 0 Å². The molecule has 0 spiro atoms. The van der Waals surface area contributed by atoms with Gasteiger partial charge in [0.25, 0.3) is 5.89 Å². The molecule has 146 valence electrons. The molecule has 3 rings (SSSR count). The molecule has 7 heteroatoms. The van der Waals surface area contributed by atoms with E-state index in [1.54, 1.807) is 7.11 Å². The van der Waals surface area contributed by atoms with E-state index in [9.17, 15) is 4.79 Å². The molecule has 0 bridgehead atoms. The molecule has 0 saturated carbocycles. The van der Waals surface area contributed by atoms with E-state index in [2.05, 4.69) is 35.8 Å². The van der Waals surface area contributed by atoms with Crippen LogP contribution in [-0.4, -0.2) is 59.1 Å². The Morgan fingerprint density at radius 1 is 1.15 bits per heavy atom. The Bertz CT molecular complexity index is 756. The number of amides is 1. The molecule has 0 radical (unpaired) electrons. The SMILES string of the molecule is COc1ccc(-c2nc(CN3CCN(C(=O)CC(C)(C)C)CC3)no2)cc1. The molecule has 1 aromatic heterocycles. The number of methoxy groups -OCH3 is 1. The summed E-state index contributed by atoms with van der Waals surface area (Å²) < 4.78 is 10.5. The predicted molar refractivity (Wildman–Crippen MR) is 102 cm³/mol. The third-order valence-corrected chi connectivity index (χ3v) is 4.58. The fourth-order valence-electron chi connectivity index (χ4n) is 3.09. The van der Waals surface area contributed by atoms with Gasteiger partial charge in [-0.25, -0.2) is 0 Å². The van der Waals surface area contributed by atoms with E-state index in [1.165, 1.54) is 0 Å². The lowest BCUT2D eigenvalue weighted by molar-refractivity contribution is -0.134. The van der Waals surface area contributed by atoms with Crippen molar-refractivity contribution in [1.29, 1.82) is 0 Å². The molecule has 1 amide bonds. The minimum atomic E-state index is 0.0245. The van der Waals surface area contributed by atoms with Crippen molar-refractivity contribution < 1.29 is 14.1 Å². The van der Waals surface area contributed by atoms with Gasteiger partial charge < -0.3 is 14.2 Å². The molecular formula is C20H28N4O3. The number of benzene rings is 1. The molecule has 27 heavy (non-hydrogen) atoms. The fraction of sp³-hybridized carbons (Fsp3) is 0.550. The second-order valence-corrected chi connectivity index (χ2v) is 8.14. The predicted octanol–water partition coefficient (Wildman–Crippen LogP) is 2.83. The van der Waals surface area contributed by atoms with E-state index in [0.717, 1.165) is 37.5 Å². The number of carbonyl (C=O) groups excluding carboxylic acids is 1. The van der Waals surface area contributed by atoms with Gasteiger partial charge in [-0.3, -0.25) is 9.69 Å². The first-order valence-corrected chi connectivity index (χ1v) is 9.31. The van der Waals surface area contributed by atoms with Gasteiger partial charge in [-0.05, 0) is 29.7 Å². The maximum Gasteiger partial charge on any atom is 0.257 e. The van der Waals surface area contributed by atoms with Crippen molar-refractivity contribution in [3.8, 4) is 17.2 Å². The Balaban J connectivity index is 1.52. The molecule has 2 heterocycles. The van der Waals surface area contributed by atoms with Gasteiger partial charge >= 0.3 is 0 Å².